The second-order valence-electron chi connectivity index (χ2n) is 5.47. The van der Waals surface area contributed by atoms with Gasteiger partial charge in [-0.2, -0.15) is 0 Å². The molecule has 0 fully saturated rings. The Balaban J connectivity index is 1.78. The molecule has 2 nitrogen and oxygen atoms in total. The molecule has 0 unspecified atom stereocenters. The maximum absolute atomic E-state index is 5.92. The molecule has 0 amide bonds. The SMILES string of the molecule is Cc1ccnc(-c2ccc(OCc3ccccc3)c(C)c2)c1. The molecule has 0 aliphatic carbocycles. The topological polar surface area (TPSA) is 22.1 Å². The number of hydrogen-bond donors (Lipinski definition) is 0. The highest BCUT2D eigenvalue weighted by atomic mass is 16.5. The highest BCUT2D eigenvalue weighted by Gasteiger charge is 2.05. The molecule has 1 heterocycles. The van der Waals surface area contributed by atoms with E-state index in [9.17, 15) is 0 Å². The highest BCUT2D eigenvalue weighted by molar-refractivity contribution is 5.62. The summed E-state index contributed by atoms with van der Waals surface area (Å²) >= 11 is 0. The van der Waals surface area contributed by atoms with E-state index in [2.05, 4.69) is 49.2 Å². The van der Waals surface area contributed by atoms with Crippen LogP contribution in [0, 0.1) is 13.8 Å². The van der Waals surface area contributed by atoms with Gasteiger partial charge in [0.1, 0.15) is 12.4 Å². The summed E-state index contributed by atoms with van der Waals surface area (Å²) in [6.07, 6.45) is 1.85. The Morgan fingerprint density at radius 2 is 1.73 bits per heavy atom. The fourth-order valence-electron chi connectivity index (χ4n) is 2.40. The predicted molar refractivity (Wildman–Crippen MR) is 89.9 cm³/mol. The van der Waals surface area contributed by atoms with Crippen LogP contribution in [0.5, 0.6) is 5.75 Å². The van der Waals surface area contributed by atoms with Crippen LogP contribution in [0.1, 0.15) is 16.7 Å². The van der Waals surface area contributed by atoms with Crippen LogP contribution in [0.4, 0.5) is 0 Å². The van der Waals surface area contributed by atoms with Gasteiger partial charge >= 0.3 is 0 Å². The van der Waals surface area contributed by atoms with E-state index in [0.29, 0.717) is 6.61 Å². The van der Waals surface area contributed by atoms with Gasteiger partial charge in [-0.1, -0.05) is 30.3 Å². The van der Waals surface area contributed by atoms with Crippen molar-refractivity contribution in [2.24, 2.45) is 0 Å². The van der Waals surface area contributed by atoms with Gasteiger partial charge in [-0.15, -0.1) is 0 Å². The van der Waals surface area contributed by atoms with Crippen LogP contribution >= 0.6 is 0 Å². The molecular formula is C20H19NO. The molecule has 0 aliphatic rings. The fourth-order valence-corrected chi connectivity index (χ4v) is 2.40. The average molecular weight is 289 g/mol. The van der Waals surface area contributed by atoms with Gasteiger partial charge in [-0.05, 0) is 60.9 Å². The largest absolute Gasteiger partial charge is 0.489 e. The van der Waals surface area contributed by atoms with Crippen LogP contribution in [0.3, 0.4) is 0 Å². The number of nitrogens with zero attached hydrogens (tertiary/aromatic N) is 1. The number of hydrogen-bond acceptors (Lipinski definition) is 2. The number of rotatable bonds is 4. The Kier molecular flexibility index (Phi) is 4.19. The molecule has 1 aromatic heterocycles. The lowest BCUT2D eigenvalue weighted by Crippen LogP contribution is -1.97. The molecule has 3 rings (SSSR count). The molecule has 0 bridgehead atoms. The smallest absolute Gasteiger partial charge is 0.122 e. The van der Waals surface area contributed by atoms with Crippen LogP contribution in [0.15, 0.2) is 66.9 Å². The summed E-state index contributed by atoms with van der Waals surface area (Å²) in [5, 5.41) is 0. The molecule has 22 heavy (non-hydrogen) atoms. The van der Waals surface area contributed by atoms with E-state index in [4.69, 9.17) is 4.74 Å². The zero-order chi connectivity index (χ0) is 15.4. The Hall–Kier alpha value is -2.61. The number of ether oxygens (including phenoxy) is 1. The van der Waals surface area contributed by atoms with Gasteiger partial charge in [0.05, 0.1) is 5.69 Å². The van der Waals surface area contributed by atoms with E-state index in [1.54, 1.807) is 0 Å². The first kappa shape index (κ1) is 14.3. The minimum atomic E-state index is 0.587. The first-order valence-electron chi connectivity index (χ1n) is 7.43. The number of aryl methyl sites for hydroxylation is 2. The molecule has 110 valence electrons. The second kappa shape index (κ2) is 6.44. The van der Waals surface area contributed by atoms with E-state index in [1.165, 1.54) is 11.1 Å². The van der Waals surface area contributed by atoms with Crippen molar-refractivity contribution >= 4 is 0 Å². The zero-order valence-corrected chi connectivity index (χ0v) is 12.9. The van der Waals surface area contributed by atoms with Crippen molar-refractivity contribution < 1.29 is 4.74 Å². The van der Waals surface area contributed by atoms with E-state index in [0.717, 1.165) is 22.6 Å². The maximum atomic E-state index is 5.92. The van der Waals surface area contributed by atoms with Crippen molar-refractivity contribution in [2.75, 3.05) is 0 Å². The lowest BCUT2D eigenvalue weighted by Gasteiger charge is -2.11. The molecule has 0 spiro atoms. The van der Waals surface area contributed by atoms with Crippen molar-refractivity contribution in [3.63, 3.8) is 0 Å². The summed E-state index contributed by atoms with van der Waals surface area (Å²) in [5.74, 6) is 0.917. The van der Waals surface area contributed by atoms with Crippen LogP contribution in [-0.2, 0) is 6.61 Å². The van der Waals surface area contributed by atoms with Gasteiger partial charge in [0.25, 0.3) is 0 Å². The Morgan fingerprint density at radius 1 is 0.909 bits per heavy atom. The third kappa shape index (κ3) is 3.34. The third-order valence-electron chi connectivity index (χ3n) is 3.62. The number of benzene rings is 2. The number of aromatic nitrogens is 1. The molecule has 0 saturated carbocycles. The van der Waals surface area contributed by atoms with Crippen molar-refractivity contribution in [3.05, 3.63) is 83.6 Å². The molecule has 3 aromatic rings. The van der Waals surface area contributed by atoms with E-state index in [-0.39, 0.29) is 0 Å². The van der Waals surface area contributed by atoms with Gasteiger partial charge < -0.3 is 4.74 Å². The average Bonchev–Trinajstić information content (AvgIpc) is 2.54. The minimum absolute atomic E-state index is 0.587. The predicted octanol–water partition coefficient (Wildman–Crippen LogP) is 4.94. The fraction of sp³-hybridized carbons (Fsp3) is 0.150. The summed E-state index contributed by atoms with van der Waals surface area (Å²) in [4.78, 5) is 4.43. The Labute approximate surface area is 131 Å². The van der Waals surface area contributed by atoms with Crippen molar-refractivity contribution in [3.8, 4) is 17.0 Å². The maximum Gasteiger partial charge on any atom is 0.122 e. The van der Waals surface area contributed by atoms with Crippen molar-refractivity contribution in [1.29, 1.82) is 0 Å². The Morgan fingerprint density at radius 3 is 2.45 bits per heavy atom. The number of pyridine rings is 1. The highest BCUT2D eigenvalue weighted by Crippen LogP contribution is 2.26. The molecule has 0 radical (unpaired) electrons. The van der Waals surface area contributed by atoms with Gasteiger partial charge in [0.15, 0.2) is 0 Å². The summed E-state index contributed by atoms with van der Waals surface area (Å²) < 4.78 is 5.92. The van der Waals surface area contributed by atoms with Crippen LogP contribution in [-0.4, -0.2) is 4.98 Å². The van der Waals surface area contributed by atoms with Gasteiger partial charge in [0.2, 0.25) is 0 Å². The first-order chi connectivity index (χ1) is 10.7. The standard InChI is InChI=1S/C20H19NO/c1-15-10-11-21-19(12-15)18-8-9-20(16(2)13-18)22-14-17-6-4-3-5-7-17/h3-13H,14H2,1-2H3. The third-order valence-corrected chi connectivity index (χ3v) is 3.62. The second-order valence-corrected chi connectivity index (χ2v) is 5.47. The summed E-state index contributed by atoms with van der Waals surface area (Å²) in [6, 6.07) is 20.5. The van der Waals surface area contributed by atoms with Gasteiger partial charge in [-0.25, -0.2) is 0 Å². The molecule has 0 N–H and O–H groups in total. The molecule has 0 atom stereocenters. The van der Waals surface area contributed by atoms with Crippen LogP contribution < -0.4 is 4.74 Å². The Bertz CT molecular complexity index is 766. The quantitative estimate of drug-likeness (QED) is 0.678. The summed E-state index contributed by atoms with van der Waals surface area (Å²) in [5.41, 5.74) is 5.63. The summed E-state index contributed by atoms with van der Waals surface area (Å²) in [7, 11) is 0. The zero-order valence-electron chi connectivity index (χ0n) is 12.9. The minimum Gasteiger partial charge on any atom is -0.489 e. The van der Waals surface area contributed by atoms with Crippen molar-refractivity contribution in [1.82, 2.24) is 4.98 Å². The van der Waals surface area contributed by atoms with Gasteiger partial charge in [-0.3, -0.25) is 4.98 Å². The first-order valence-corrected chi connectivity index (χ1v) is 7.43. The van der Waals surface area contributed by atoms with Crippen LogP contribution in [0.25, 0.3) is 11.3 Å². The van der Waals surface area contributed by atoms with Gasteiger partial charge in [0, 0.05) is 11.8 Å². The normalized spacial score (nSPS) is 10.5. The lowest BCUT2D eigenvalue weighted by atomic mass is 10.1. The monoisotopic (exact) mass is 289 g/mol. The lowest BCUT2D eigenvalue weighted by molar-refractivity contribution is 0.304. The van der Waals surface area contributed by atoms with E-state index < -0.39 is 0 Å². The molecule has 2 heteroatoms. The van der Waals surface area contributed by atoms with E-state index in [1.807, 2.05) is 36.5 Å². The van der Waals surface area contributed by atoms with E-state index >= 15 is 0 Å². The molecule has 0 aliphatic heterocycles. The van der Waals surface area contributed by atoms with Crippen molar-refractivity contribution in [2.45, 2.75) is 20.5 Å². The summed E-state index contributed by atoms with van der Waals surface area (Å²) in [6.45, 7) is 4.73. The molecular weight excluding hydrogens is 270 g/mol. The molecule has 2 aromatic carbocycles. The molecule has 0 saturated heterocycles. The van der Waals surface area contributed by atoms with Crippen LogP contribution in [0.2, 0.25) is 0 Å².